The van der Waals surface area contributed by atoms with Crippen LogP contribution in [-0.2, 0) is 9.59 Å². The first kappa shape index (κ1) is 18.9. The third kappa shape index (κ3) is 4.44. The first-order valence-electron chi connectivity index (χ1n) is 8.44. The number of aliphatic carboxylic acids is 2. The number of carbonyl (C=O) groups excluding carboxylic acids is 1. The molecular formula is C19H18N4O5. The maximum Gasteiger partial charge on any atom is 0.323 e. The minimum Gasteiger partial charge on any atom is -0.481 e. The van der Waals surface area contributed by atoms with E-state index < -0.39 is 30.6 Å². The summed E-state index contributed by atoms with van der Waals surface area (Å²) in [5.41, 5.74) is 2.57. The number of anilines is 1. The van der Waals surface area contributed by atoms with Crippen LogP contribution in [0, 0.1) is 0 Å². The molecule has 28 heavy (non-hydrogen) atoms. The summed E-state index contributed by atoms with van der Waals surface area (Å²) < 4.78 is 1.78. The Kier molecular flexibility index (Phi) is 5.54. The number of nitrogens with zero attached hydrogens (tertiary/aromatic N) is 2. The second-order valence-corrected chi connectivity index (χ2v) is 6.08. The minimum atomic E-state index is -1.14. The SMILES string of the molecule is O=C(O)CNC(=O)Nc1ccc2c(c1)ncn2C(CC(=O)O)c1ccccc1. The van der Waals surface area contributed by atoms with Crippen LogP contribution in [0.25, 0.3) is 11.0 Å². The maximum atomic E-state index is 11.7. The molecule has 9 nitrogen and oxygen atoms in total. The van der Waals surface area contributed by atoms with E-state index in [1.165, 1.54) is 0 Å². The summed E-state index contributed by atoms with van der Waals surface area (Å²) in [4.78, 5) is 37.9. The molecule has 3 aromatic rings. The van der Waals surface area contributed by atoms with E-state index in [-0.39, 0.29) is 6.42 Å². The Labute approximate surface area is 159 Å². The predicted octanol–water partition coefficient (Wildman–Crippen LogP) is 2.31. The summed E-state index contributed by atoms with van der Waals surface area (Å²) in [7, 11) is 0. The highest BCUT2D eigenvalue weighted by molar-refractivity contribution is 5.93. The van der Waals surface area contributed by atoms with Gasteiger partial charge in [-0.25, -0.2) is 9.78 Å². The topological polar surface area (TPSA) is 134 Å². The number of benzene rings is 2. The van der Waals surface area contributed by atoms with Crippen LogP contribution in [0.1, 0.15) is 18.0 Å². The van der Waals surface area contributed by atoms with Crippen LogP contribution in [0.5, 0.6) is 0 Å². The quantitative estimate of drug-likeness (QED) is 0.495. The highest BCUT2D eigenvalue weighted by atomic mass is 16.4. The fraction of sp³-hybridized carbons (Fsp3) is 0.158. The van der Waals surface area contributed by atoms with E-state index in [0.717, 1.165) is 5.56 Å². The molecular weight excluding hydrogens is 364 g/mol. The Hall–Kier alpha value is -3.88. The van der Waals surface area contributed by atoms with Gasteiger partial charge in [0.25, 0.3) is 0 Å². The summed E-state index contributed by atoms with van der Waals surface area (Å²) in [6.45, 7) is -0.489. The molecule has 1 atom stereocenters. The zero-order valence-corrected chi connectivity index (χ0v) is 14.7. The average Bonchev–Trinajstić information content (AvgIpc) is 3.08. The highest BCUT2D eigenvalue weighted by Crippen LogP contribution is 2.27. The van der Waals surface area contributed by atoms with E-state index in [1.807, 2.05) is 30.3 Å². The number of nitrogens with one attached hydrogen (secondary N) is 2. The number of rotatable bonds is 7. The van der Waals surface area contributed by atoms with Gasteiger partial charge in [0.2, 0.25) is 0 Å². The van der Waals surface area contributed by atoms with Crippen molar-refractivity contribution < 1.29 is 24.6 Å². The zero-order chi connectivity index (χ0) is 20.1. The van der Waals surface area contributed by atoms with Crippen LogP contribution < -0.4 is 10.6 Å². The lowest BCUT2D eigenvalue weighted by Crippen LogP contribution is -2.33. The standard InChI is InChI=1S/C19H18N4O5/c24-17(25)9-16(12-4-2-1-3-5-12)23-11-21-14-8-13(6-7-15(14)23)22-19(28)20-10-18(26)27/h1-8,11,16H,9-10H2,(H,24,25)(H,26,27)(H2,20,22,28). The van der Waals surface area contributed by atoms with E-state index in [4.69, 9.17) is 5.11 Å². The second-order valence-electron chi connectivity index (χ2n) is 6.08. The summed E-state index contributed by atoms with van der Waals surface area (Å²) in [6.07, 6.45) is 1.46. The van der Waals surface area contributed by atoms with Crippen LogP contribution in [-0.4, -0.2) is 44.3 Å². The van der Waals surface area contributed by atoms with E-state index in [9.17, 15) is 19.5 Å². The number of hydrogen-bond acceptors (Lipinski definition) is 4. The van der Waals surface area contributed by atoms with Gasteiger partial charge in [-0.2, -0.15) is 0 Å². The van der Waals surface area contributed by atoms with Crippen molar-refractivity contribution in [3.8, 4) is 0 Å². The number of aromatic nitrogens is 2. The van der Waals surface area contributed by atoms with Crippen LogP contribution in [0.3, 0.4) is 0 Å². The van der Waals surface area contributed by atoms with Crippen molar-refractivity contribution in [3.63, 3.8) is 0 Å². The normalized spacial score (nSPS) is 11.7. The number of carbonyl (C=O) groups is 3. The van der Waals surface area contributed by atoms with Crippen molar-refractivity contribution in [1.29, 1.82) is 0 Å². The van der Waals surface area contributed by atoms with E-state index in [2.05, 4.69) is 15.6 Å². The lowest BCUT2D eigenvalue weighted by atomic mass is 10.0. The molecule has 0 aliphatic carbocycles. The Morgan fingerprint density at radius 3 is 2.46 bits per heavy atom. The molecule has 2 amide bonds. The molecule has 4 N–H and O–H groups in total. The first-order valence-corrected chi connectivity index (χ1v) is 8.44. The molecule has 0 saturated heterocycles. The second kappa shape index (κ2) is 8.21. The molecule has 1 unspecified atom stereocenters. The monoisotopic (exact) mass is 382 g/mol. The van der Waals surface area contributed by atoms with Gasteiger partial charge in [0, 0.05) is 5.69 Å². The fourth-order valence-corrected chi connectivity index (χ4v) is 2.91. The van der Waals surface area contributed by atoms with Crippen molar-refractivity contribution >= 4 is 34.7 Å². The molecule has 0 fully saturated rings. The van der Waals surface area contributed by atoms with Gasteiger partial charge >= 0.3 is 18.0 Å². The lowest BCUT2D eigenvalue weighted by Gasteiger charge is -2.18. The van der Waals surface area contributed by atoms with Crippen LogP contribution in [0.2, 0.25) is 0 Å². The van der Waals surface area contributed by atoms with Crippen molar-refractivity contribution in [2.45, 2.75) is 12.5 Å². The van der Waals surface area contributed by atoms with E-state index in [1.54, 1.807) is 29.1 Å². The maximum absolute atomic E-state index is 11.7. The number of urea groups is 1. The van der Waals surface area contributed by atoms with Gasteiger partial charge < -0.3 is 25.4 Å². The number of fused-ring (bicyclic) bond motifs is 1. The molecule has 0 aliphatic heterocycles. The summed E-state index contributed by atoms with van der Waals surface area (Å²) >= 11 is 0. The van der Waals surface area contributed by atoms with Crippen LogP contribution in [0.4, 0.5) is 10.5 Å². The Morgan fingerprint density at radius 2 is 1.79 bits per heavy atom. The minimum absolute atomic E-state index is 0.104. The van der Waals surface area contributed by atoms with Crippen LogP contribution in [0.15, 0.2) is 54.9 Å². The van der Waals surface area contributed by atoms with Gasteiger partial charge in [-0.15, -0.1) is 0 Å². The third-order valence-electron chi connectivity index (χ3n) is 4.12. The van der Waals surface area contributed by atoms with Gasteiger partial charge in [0.1, 0.15) is 6.54 Å². The average molecular weight is 382 g/mol. The molecule has 0 aliphatic rings. The van der Waals surface area contributed by atoms with E-state index in [0.29, 0.717) is 16.7 Å². The fourth-order valence-electron chi connectivity index (χ4n) is 2.91. The van der Waals surface area contributed by atoms with Crippen molar-refractivity contribution in [2.75, 3.05) is 11.9 Å². The molecule has 0 bridgehead atoms. The smallest absolute Gasteiger partial charge is 0.323 e. The van der Waals surface area contributed by atoms with Crippen molar-refractivity contribution in [1.82, 2.24) is 14.9 Å². The molecule has 0 saturated carbocycles. The Bertz CT molecular complexity index is 1020. The molecule has 1 aromatic heterocycles. The summed E-state index contributed by atoms with van der Waals surface area (Å²) in [5, 5.41) is 22.6. The third-order valence-corrected chi connectivity index (χ3v) is 4.12. The van der Waals surface area contributed by atoms with Crippen LogP contribution >= 0.6 is 0 Å². The number of amides is 2. The van der Waals surface area contributed by atoms with Gasteiger partial charge in [0.05, 0.1) is 29.8 Å². The number of carboxylic acid groups (broad SMARTS) is 2. The largest absolute Gasteiger partial charge is 0.481 e. The van der Waals surface area contributed by atoms with Crippen molar-refractivity contribution in [2.24, 2.45) is 0 Å². The van der Waals surface area contributed by atoms with Gasteiger partial charge in [-0.1, -0.05) is 30.3 Å². The zero-order valence-electron chi connectivity index (χ0n) is 14.7. The van der Waals surface area contributed by atoms with Gasteiger partial charge in [0.15, 0.2) is 0 Å². The highest BCUT2D eigenvalue weighted by Gasteiger charge is 2.19. The summed E-state index contributed by atoms with van der Waals surface area (Å²) in [6, 6.07) is 13.2. The Balaban J connectivity index is 1.87. The molecule has 3 rings (SSSR count). The lowest BCUT2D eigenvalue weighted by molar-refractivity contribution is -0.138. The number of imidazole rings is 1. The van der Waals surface area contributed by atoms with Gasteiger partial charge in [-0.3, -0.25) is 9.59 Å². The van der Waals surface area contributed by atoms with Gasteiger partial charge in [-0.05, 0) is 23.8 Å². The Morgan fingerprint density at radius 1 is 1.04 bits per heavy atom. The molecule has 0 radical (unpaired) electrons. The molecule has 0 spiro atoms. The first-order chi connectivity index (χ1) is 13.4. The molecule has 9 heteroatoms. The molecule has 1 heterocycles. The summed E-state index contributed by atoms with van der Waals surface area (Å²) in [5.74, 6) is -2.07. The van der Waals surface area contributed by atoms with Crippen molar-refractivity contribution in [3.05, 3.63) is 60.4 Å². The number of hydrogen-bond donors (Lipinski definition) is 4. The molecule has 144 valence electrons. The van der Waals surface area contributed by atoms with E-state index >= 15 is 0 Å². The molecule has 2 aromatic carbocycles. The predicted molar refractivity (Wildman–Crippen MR) is 101 cm³/mol. The number of carboxylic acids is 2.